The van der Waals surface area contributed by atoms with E-state index in [1.807, 2.05) is 30.3 Å². The zero-order valence-corrected chi connectivity index (χ0v) is 12.1. The molecule has 2 rings (SSSR count). The minimum absolute atomic E-state index is 0.0290. The van der Waals surface area contributed by atoms with Crippen LogP contribution >= 0.6 is 0 Å². The molecule has 1 aromatic carbocycles. The summed E-state index contributed by atoms with van der Waals surface area (Å²) < 4.78 is 0. The van der Waals surface area contributed by atoms with Gasteiger partial charge in [-0.3, -0.25) is 14.5 Å². The van der Waals surface area contributed by atoms with E-state index in [0.717, 1.165) is 31.5 Å². The highest BCUT2D eigenvalue weighted by Crippen LogP contribution is 2.22. The smallest absolute Gasteiger partial charge is 0.304 e. The fourth-order valence-electron chi connectivity index (χ4n) is 2.97. The summed E-state index contributed by atoms with van der Waals surface area (Å²) in [5, 5.41) is 9.13. The molecule has 1 aliphatic heterocycles. The van der Waals surface area contributed by atoms with Gasteiger partial charge in [-0.2, -0.15) is 0 Å². The Balaban J connectivity index is 2.00. The maximum atomic E-state index is 11.2. The van der Waals surface area contributed by atoms with Gasteiger partial charge in [0, 0.05) is 12.0 Å². The Labute approximate surface area is 124 Å². The summed E-state index contributed by atoms with van der Waals surface area (Å²) in [5.74, 6) is -1.09. The predicted octanol–water partition coefficient (Wildman–Crippen LogP) is 1.27. The molecular formula is C16H22N2O3. The molecule has 3 N–H and O–H groups in total. The third-order valence-corrected chi connectivity index (χ3v) is 4.17. The molecule has 1 aromatic rings. The summed E-state index contributed by atoms with van der Waals surface area (Å²) in [4.78, 5) is 24.5. The molecule has 114 valence electrons. The number of carboxylic acid groups (broad SMARTS) is 1. The number of carbonyl (C=O) groups is 2. The van der Waals surface area contributed by atoms with Crippen LogP contribution in [0.2, 0.25) is 0 Å². The van der Waals surface area contributed by atoms with E-state index in [2.05, 4.69) is 4.90 Å². The Bertz CT molecular complexity index is 482. The van der Waals surface area contributed by atoms with E-state index >= 15 is 0 Å². The van der Waals surface area contributed by atoms with Crippen molar-refractivity contribution < 1.29 is 14.7 Å². The molecule has 1 atom stereocenters. The molecular weight excluding hydrogens is 268 g/mol. The van der Waals surface area contributed by atoms with Gasteiger partial charge in [-0.05, 0) is 37.9 Å². The van der Waals surface area contributed by atoms with Crippen molar-refractivity contribution in [2.75, 3.05) is 13.1 Å². The molecule has 1 heterocycles. The second-order valence-electron chi connectivity index (χ2n) is 5.65. The van der Waals surface area contributed by atoms with Crippen molar-refractivity contribution in [3.63, 3.8) is 0 Å². The monoisotopic (exact) mass is 290 g/mol. The summed E-state index contributed by atoms with van der Waals surface area (Å²) in [5.41, 5.74) is 6.48. The standard InChI is InChI=1S/C16H22N2O3/c17-16(21)13-6-8-18(9-7-13)14(11-15(19)20)10-12-4-2-1-3-5-12/h1-5,13-14H,6-11H2,(H2,17,21)(H,19,20). The molecule has 5 nitrogen and oxygen atoms in total. The predicted molar refractivity (Wildman–Crippen MR) is 79.7 cm³/mol. The van der Waals surface area contributed by atoms with Crippen LogP contribution in [0.4, 0.5) is 0 Å². The number of hydrogen-bond donors (Lipinski definition) is 2. The normalized spacial score (nSPS) is 18.3. The van der Waals surface area contributed by atoms with E-state index in [0.29, 0.717) is 6.42 Å². The van der Waals surface area contributed by atoms with Gasteiger partial charge in [0.1, 0.15) is 0 Å². The van der Waals surface area contributed by atoms with Crippen LogP contribution in [0.15, 0.2) is 30.3 Å². The lowest BCUT2D eigenvalue weighted by atomic mass is 9.93. The largest absolute Gasteiger partial charge is 0.481 e. The molecule has 5 heteroatoms. The van der Waals surface area contributed by atoms with Crippen molar-refractivity contribution in [2.45, 2.75) is 31.7 Å². The van der Waals surface area contributed by atoms with Crippen molar-refractivity contribution >= 4 is 11.9 Å². The molecule has 1 amide bonds. The number of hydrogen-bond acceptors (Lipinski definition) is 3. The molecule has 0 spiro atoms. The third-order valence-electron chi connectivity index (χ3n) is 4.17. The first kappa shape index (κ1) is 15.5. The van der Waals surface area contributed by atoms with Gasteiger partial charge in [-0.15, -0.1) is 0 Å². The summed E-state index contributed by atoms with van der Waals surface area (Å²) >= 11 is 0. The zero-order chi connectivity index (χ0) is 15.2. The van der Waals surface area contributed by atoms with Crippen molar-refractivity contribution in [1.82, 2.24) is 4.90 Å². The maximum absolute atomic E-state index is 11.2. The summed E-state index contributed by atoms with van der Waals surface area (Å²) in [6, 6.07) is 9.89. The topological polar surface area (TPSA) is 83.6 Å². The number of carbonyl (C=O) groups excluding carboxylic acids is 1. The van der Waals surface area contributed by atoms with Crippen LogP contribution < -0.4 is 5.73 Å². The highest BCUT2D eigenvalue weighted by Gasteiger charge is 2.28. The van der Waals surface area contributed by atoms with Crippen LogP contribution in [-0.4, -0.2) is 41.0 Å². The van der Waals surface area contributed by atoms with Crippen LogP contribution in [-0.2, 0) is 16.0 Å². The first-order valence-corrected chi connectivity index (χ1v) is 7.35. The minimum Gasteiger partial charge on any atom is -0.481 e. The summed E-state index contributed by atoms with van der Waals surface area (Å²) in [6.07, 6.45) is 2.28. The second kappa shape index (κ2) is 7.22. The van der Waals surface area contributed by atoms with Gasteiger partial charge < -0.3 is 10.8 Å². The summed E-state index contributed by atoms with van der Waals surface area (Å²) in [6.45, 7) is 1.47. The molecule has 1 unspecified atom stereocenters. The van der Waals surface area contributed by atoms with Gasteiger partial charge in [0.05, 0.1) is 6.42 Å². The quantitative estimate of drug-likeness (QED) is 0.826. The van der Waals surface area contributed by atoms with Crippen molar-refractivity contribution in [1.29, 1.82) is 0 Å². The number of benzene rings is 1. The number of rotatable bonds is 6. The van der Waals surface area contributed by atoms with Gasteiger partial charge in [-0.25, -0.2) is 0 Å². The SMILES string of the molecule is NC(=O)C1CCN(C(CC(=O)O)Cc2ccccc2)CC1. The van der Waals surface area contributed by atoms with E-state index in [1.54, 1.807) is 0 Å². The van der Waals surface area contributed by atoms with Gasteiger partial charge >= 0.3 is 5.97 Å². The molecule has 1 aliphatic rings. The van der Waals surface area contributed by atoms with Crippen LogP contribution in [0.25, 0.3) is 0 Å². The van der Waals surface area contributed by atoms with E-state index in [-0.39, 0.29) is 24.3 Å². The lowest BCUT2D eigenvalue weighted by molar-refractivity contribution is -0.139. The third kappa shape index (κ3) is 4.56. The highest BCUT2D eigenvalue weighted by atomic mass is 16.4. The zero-order valence-electron chi connectivity index (χ0n) is 12.1. The number of nitrogens with two attached hydrogens (primary N) is 1. The van der Waals surface area contributed by atoms with Gasteiger partial charge in [-0.1, -0.05) is 30.3 Å². The Hall–Kier alpha value is -1.88. The van der Waals surface area contributed by atoms with Crippen LogP contribution in [0.1, 0.15) is 24.8 Å². The van der Waals surface area contributed by atoms with E-state index in [4.69, 9.17) is 10.8 Å². The van der Waals surface area contributed by atoms with Gasteiger partial charge in [0.25, 0.3) is 0 Å². The van der Waals surface area contributed by atoms with E-state index in [1.165, 1.54) is 0 Å². The first-order chi connectivity index (χ1) is 10.1. The molecule has 1 fully saturated rings. The second-order valence-corrected chi connectivity index (χ2v) is 5.65. The Morgan fingerprint density at radius 3 is 2.38 bits per heavy atom. The van der Waals surface area contributed by atoms with Crippen molar-refractivity contribution in [3.8, 4) is 0 Å². The molecule has 1 saturated heterocycles. The minimum atomic E-state index is -0.784. The Morgan fingerprint density at radius 1 is 1.24 bits per heavy atom. The Morgan fingerprint density at radius 2 is 1.86 bits per heavy atom. The van der Waals surface area contributed by atoms with Crippen molar-refractivity contribution in [2.24, 2.45) is 11.7 Å². The average Bonchev–Trinajstić information content (AvgIpc) is 2.47. The number of piperidine rings is 1. The Kier molecular flexibility index (Phi) is 5.33. The lowest BCUT2D eigenvalue weighted by Gasteiger charge is -2.36. The number of aliphatic carboxylic acids is 1. The average molecular weight is 290 g/mol. The molecule has 0 aromatic heterocycles. The molecule has 0 radical (unpaired) electrons. The van der Waals surface area contributed by atoms with Crippen LogP contribution in [0.5, 0.6) is 0 Å². The summed E-state index contributed by atoms with van der Waals surface area (Å²) in [7, 11) is 0. The number of nitrogens with zero attached hydrogens (tertiary/aromatic N) is 1. The highest BCUT2D eigenvalue weighted by molar-refractivity contribution is 5.76. The maximum Gasteiger partial charge on any atom is 0.304 e. The fourth-order valence-corrected chi connectivity index (χ4v) is 2.97. The number of carboxylic acids is 1. The van der Waals surface area contributed by atoms with Gasteiger partial charge in [0.2, 0.25) is 5.91 Å². The van der Waals surface area contributed by atoms with E-state index in [9.17, 15) is 9.59 Å². The lowest BCUT2D eigenvalue weighted by Crippen LogP contribution is -2.45. The molecule has 0 aliphatic carbocycles. The van der Waals surface area contributed by atoms with Crippen LogP contribution in [0.3, 0.4) is 0 Å². The number of likely N-dealkylation sites (tertiary alicyclic amines) is 1. The van der Waals surface area contributed by atoms with Gasteiger partial charge in [0.15, 0.2) is 0 Å². The molecule has 0 saturated carbocycles. The number of amides is 1. The van der Waals surface area contributed by atoms with Crippen LogP contribution in [0, 0.1) is 5.92 Å². The first-order valence-electron chi connectivity index (χ1n) is 7.35. The molecule has 0 bridgehead atoms. The molecule has 21 heavy (non-hydrogen) atoms. The fraction of sp³-hybridized carbons (Fsp3) is 0.500. The number of primary amides is 1. The van der Waals surface area contributed by atoms with E-state index < -0.39 is 5.97 Å². The van der Waals surface area contributed by atoms with Crippen molar-refractivity contribution in [3.05, 3.63) is 35.9 Å².